The van der Waals surface area contributed by atoms with Gasteiger partial charge in [0.15, 0.2) is 0 Å². The van der Waals surface area contributed by atoms with Gasteiger partial charge in [-0.1, -0.05) is 212 Å². The minimum absolute atomic E-state index is 0.885. The lowest BCUT2D eigenvalue weighted by Crippen LogP contribution is -2.10. The van der Waals surface area contributed by atoms with Crippen LogP contribution >= 0.6 is 0 Å². The zero-order valence-electron chi connectivity index (χ0n) is 37.2. The summed E-state index contributed by atoms with van der Waals surface area (Å²) in [6, 6.07) is 94.3. The van der Waals surface area contributed by atoms with Crippen molar-refractivity contribution in [3.8, 4) is 55.8 Å². The van der Waals surface area contributed by atoms with Gasteiger partial charge in [0.1, 0.15) is 11.3 Å². The zero-order chi connectivity index (χ0) is 45.0. The molecule has 2 nitrogen and oxygen atoms in total. The van der Waals surface area contributed by atoms with Gasteiger partial charge in [-0.25, -0.2) is 0 Å². The molecule has 0 atom stereocenters. The summed E-state index contributed by atoms with van der Waals surface area (Å²) in [5.41, 5.74) is 14.6. The number of fused-ring (bicyclic) bond motifs is 7. The van der Waals surface area contributed by atoms with Crippen molar-refractivity contribution in [2.75, 3.05) is 4.90 Å². The Morgan fingerprint density at radius 3 is 1.38 bits per heavy atom. The zero-order valence-corrected chi connectivity index (χ0v) is 37.2. The van der Waals surface area contributed by atoms with E-state index in [1.165, 1.54) is 54.2 Å². The molecule has 0 radical (unpaired) electrons. The summed E-state index contributed by atoms with van der Waals surface area (Å²) in [6.45, 7) is 0. The number of rotatable bonds is 8. The SMILES string of the molecule is c1ccc(-c2c(-c3cccc(-c4ccc(-c5ccc(N(c6ccc(-c7cc8ccccc8c8ccccc78)cc6)c6cc7ccccc7c7ccccc67)cc5)cc4)c3)oc3ccccc23)cc1. The van der Waals surface area contributed by atoms with Crippen LogP contribution in [0.1, 0.15) is 0 Å². The molecular weight excluding hydrogens is 823 g/mol. The van der Waals surface area contributed by atoms with Crippen LogP contribution in [0.2, 0.25) is 0 Å². The molecular formula is C66H43NO. The van der Waals surface area contributed by atoms with Gasteiger partial charge in [-0.2, -0.15) is 0 Å². The van der Waals surface area contributed by atoms with Crippen molar-refractivity contribution < 1.29 is 4.42 Å². The Morgan fingerprint density at radius 1 is 0.265 bits per heavy atom. The maximum absolute atomic E-state index is 6.58. The maximum atomic E-state index is 6.58. The average molecular weight is 866 g/mol. The van der Waals surface area contributed by atoms with E-state index in [-0.39, 0.29) is 0 Å². The highest BCUT2D eigenvalue weighted by molar-refractivity contribution is 6.16. The predicted octanol–water partition coefficient (Wildman–Crippen LogP) is 18.9. The van der Waals surface area contributed by atoms with Crippen LogP contribution in [0.3, 0.4) is 0 Å². The number of furan rings is 1. The third-order valence-electron chi connectivity index (χ3n) is 13.7. The molecule has 0 amide bonds. The summed E-state index contributed by atoms with van der Waals surface area (Å²) in [4.78, 5) is 2.42. The third kappa shape index (κ3) is 6.82. The fraction of sp³-hybridized carbons (Fsp3) is 0. The Hall–Kier alpha value is -8.98. The van der Waals surface area contributed by atoms with Gasteiger partial charge in [0.2, 0.25) is 0 Å². The molecule has 0 unspecified atom stereocenters. The molecule has 1 heterocycles. The molecule has 0 fully saturated rings. The lowest BCUT2D eigenvalue weighted by atomic mass is 9.93. The first kappa shape index (κ1) is 39.4. The summed E-state index contributed by atoms with van der Waals surface area (Å²) in [6.07, 6.45) is 0. The second kappa shape index (κ2) is 16.5. The van der Waals surface area contributed by atoms with Gasteiger partial charge in [0, 0.05) is 33.3 Å². The van der Waals surface area contributed by atoms with Gasteiger partial charge in [-0.15, -0.1) is 0 Å². The van der Waals surface area contributed by atoms with Crippen molar-refractivity contribution >= 4 is 71.1 Å². The molecule has 68 heavy (non-hydrogen) atoms. The van der Waals surface area contributed by atoms with Crippen molar-refractivity contribution in [2.24, 2.45) is 0 Å². The van der Waals surface area contributed by atoms with Crippen molar-refractivity contribution in [1.29, 1.82) is 0 Å². The Labute approximate surface area is 395 Å². The van der Waals surface area contributed by atoms with Crippen LogP contribution in [0.15, 0.2) is 265 Å². The molecule has 13 aromatic rings. The molecule has 13 rings (SSSR count). The van der Waals surface area contributed by atoms with E-state index in [0.29, 0.717) is 0 Å². The van der Waals surface area contributed by atoms with Crippen molar-refractivity contribution in [1.82, 2.24) is 0 Å². The highest BCUT2D eigenvalue weighted by Gasteiger charge is 2.20. The molecule has 0 bridgehead atoms. The van der Waals surface area contributed by atoms with E-state index >= 15 is 0 Å². The standard InChI is InChI=1S/C66H43NO/c1-2-15-48(16-3-1)65-61-27-12-13-28-64(61)68-66(65)52-20-14-19-49(41-52)46-31-29-44(30-32-46)45-33-37-53(38-34-45)67(63-43-51-18-5-7-22-56(51)58-24-10-11-26-60(58)63)54-39-35-47(36-40-54)62-42-50-17-4-6-21-55(50)57-23-8-9-25-59(57)62/h1-43H. The first-order chi connectivity index (χ1) is 33.7. The van der Waals surface area contributed by atoms with E-state index in [4.69, 9.17) is 4.42 Å². The van der Waals surface area contributed by atoms with E-state index in [1.54, 1.807) is 0 Å². The van der Waals surface area contributed by atoms with E-state index in [0.717, 1.165) is 72.7 Å². The van der Waals surface area contributed by atoms with Crippen LogP contribution < -0.4 is 4.90 Å². The van der Waals surface area contributed by atoms with Crippen molar-refractivity contribution in [3.05, 3.63) is 261 Å². The van der Waals surface area contributed by atoms with Crippen LogP contribution in [0.25, 0.3) is 110 Å². The van der Waals surface area contributed by atoms with Gasteiger partial charge in [0.25, 0.3) is 0 Å². The predicted molar refractivity (Wildman–Crippen MR) is 288 cm³/mol. The first-order valence-electron chi connectivity index (χ1n) is 23.3. The van der Waals surface area contributed by atoms with Gasteiger partial charge in [0.05, 0.1) is 5.69 Å². The van der Waals surface area contributed by atoms with Gasteiger partial charge in [-0.05, 0) is 125 Å². The molecule has 1 aromatic heterocycles. The molecule has 0 spiro atoms. The lowest BCUT2D eigenvalue weighted by Gasteiger charge is -2.28. The molecule has 0 saturated carbocycles. The number of anilines is 3. The van der Waals surface area contributed by atoms with Gasteiger partial charge < -0.3 is 9.32 Å². The minimum atomic E-state index is 0.885. The first-order valence-corrected chi connectivity index (χ1v) is 23.3. The quantitative estimate of drug-likeness (QED) is 0.142. The number of hydrogen-bond acceptors (Lipinski definition) is 2. The summed E-state index contributed by atoms with van der Waals surface area (Å²) in [5.74, 6) is 0.885. The van der Waals surface area contributed by atoms with Crippen LogP contribution in [-0.4, -0.2) is 0 Å². The second-order valence-electron chi connectivity index (χ2n) is 17.6. The fourth-order valence-corrected chi connectivity index (χ4v) is 10.4. The average Bonchev–Trinajstić information content (AvgIpc) is 3.81. The summed E-state index contributed by atoms with van der Waals surface area (Å²) in [5, 5.41) is 11.1. The van der Waals surface area contributed by atoms with Gasteiger partial charge in [-0.3, -0.25) is 0 Å². The van der Waals surface area contributed by atoms with Crippen LogP contribution in [0.5, 0.6) is 0 Å². The lowest BCUT2D eigenvalue weighted by molar-refractivity contribution is 0.632. The summed E-state index contributed by atoms with van der Waals surface area (Å²) >= 11 is 0. The fourth-order valence-electron chi connectivity index (χ4n) is 10.4. The van der Waals surface area contributed by atoms with E-state index in [9.17, 15) is 0 Å². The van der Waals surface area contributed by atoms with Crippen LogP contribution in [0, 0.1) is 0 Å². The van der Waals surface area contributed by atoms with Gasteiger partial charge >= 0.3 is 0 Å². The monoisotopic (exact) mass is 865 g/mol. The normalized spacial score (nSPS) is 11.5. The Kier molecular flexibility index (Phi) is 9.54. The number of benzene rings is 12. The maximum Gasteiger partial charge on any atom is 0.143 e. The van der Waals surface area contributed by atoms with E-state index in [2.05, 4.69) is 260 Å². The van der Waals surface area contributed by atoms with Crippen LogP contribution in [-0.2, 0) is 0 Å². The number of para-hydroxylation sites is 1. The Balaban J connectivity index is 0.864. The van der Waals surface area contributed by atoms with Crippen LogP contribution in [0.4, 0.5) is 17.1 Å². The van der Waals surface area contributed by atoms with Crippen molar-refractivity contribution in [3.63, 3.8) is 0 Å². The smallest absolute Gasteiger partial charge is 0.143 e. The highest BCUT2D eigenvalue weighted by atomic mass is 16.3. The number of hydrogen-bond donors (Lipinski definition) is 0. The molecule has 318 valence electrons. The molecule has 2 heteroatoms. The number of nitrogens with zero attached hydrogens (tertiary/aromatic N) is 1. The Bertz CT molecular complexity index is 4000. The third-order valence-corrected chi connectivity index (χ3v) is 13.7. The molecule has 0 aliphatic heterocycles. The molecule has 0 aliphatic carbocycles. The second-order valence-corrected chi connectivity index (χ2v) is 17.6. The largest absolute Gasteiger partial charge is 0.455 e. The topological polar surface area (TPSA) is 16.4 Å². The molecule has 0 aliphatic rings. The van der Waals surface area contributed by atoms with Crippen molar-refractivity contribution in [2.45, 2.75) is 0 Å². The Morgan fingerprint density at radius 2 is 0.721 bits per heavy atom. The molecule has 12 aromatic carbocycles. The van der Waals surface area contributed by atoms with E-state index in [1.807, 2.05) is 6.07 Å². The molecule has 0 N–H and O–H groups in total. The molecule has 0 saturated heterocycles. The summed E-state index contributed by atoms with van der Waals surface area (Å²) in [7, 11) is 0. The minimum Gasteiger partial charge on any atom is -0.455 e. The highest BCUT2D eigenvalue weighted by Crippen LogP contribution is 2.45. The van der Waals surface area contributed by atoms with E-state index < -0.39 is 0 Å². The summed E-state index contributed by atoms with van der Waals surface area (Å²) < 4.78 is 6.58.